The summed E-state index contributed by atoms with van der Waals surface area (Å²) in [6.07, 6.45) is 0. The smallest absolute Gasteiger partial charge is 0.119 e. The molecule has 2 aromatic rings. The predicted octanol–water partition coefficient (Wildman–Crippen LogP) is 3.38. The van der Waals surface area contributed by atoms with Crippen LogP contribution in [0, 0.1) is 0 Å². The molecule has 2 aromatic carbocycles. The Hall–Kier alpha value is -2.00. The lowest BCUT2D eigenvalue weighted by atomic mass is 10.2. The Labute approximate surface area is 120 Å². The Balaban J connectivity index is 1.87. The minimum absolute atomic E-state index is 0.695. The van der Waals surface area contributed by atoms with Gasteiger partial charge in [0.1, 0.15) is 11.5 Å². The number of hydrogen-bond acceptors (Lipinski definition) is 3. The van der Waals surface area contributed by atoms with Crippen LogP contribution < -0.4 is 14.8 Å². The normalized spacial score (nSPS) is 10.3. The van der Waals surface area contributed by atoms with Crippen LogP contribution in [0.2, 0.25) is 0 Å². The summed E-state index contributed by atoms with van der Waals surface area (Å²) in [5, 5.41) is 3.43. The van der Waals surface area contributed by atoms with Gasteiger partial charge in [-0.25, -0.2) is 0 Å². The van der Waals surface area contributed by atoms with Crippen molar-refractivity contribution in [2.45, 2.75) is 20.0 Å². The maximum atomic E-state index is 5.50. The summed E-state index contributed by atoms with van der Waals surface area (Å²) in [7, 11) is 1.69. The molecule has 0 unspecified atom stereocenters. The first-order valence-corrected chi connectivity index (χ1v) is 6.87. The molecule has 0 spiro atoms. The third kappa shape index (κ3) is 4.28. The topological polar surface area (TPSA) is 30.5 Å². The van der Waals surface area contributed by atoms with Crippen molar-refractivity contribution in [1.82, 2.24) is 5.32 Å². The second-order valence-electron chi connectivity index (χ2n) is 4.54. The van der Waals surface area contributed by atoms with Crippen LogP contribution in [-0.4, -0.2) is 13.7 Å². The number of ether oxygens (including phenoxy) is 2. The summed E-state index contributed by atoms with van der Waals surface area (Å²) in [6.45, 7) is 4.32. The molecular weight excluding hydrogens is 250 g/mol. The third-order valence-corrected chi connectivity index (χ3v) is 3.00. The molecule has 0 radical (unpaired) electrons. The zero-order valence-electron chi connectivity index (χ0n) is 12.1. The molecule has 0 saturated heterocycles. The van der Waals surface area contributed by atoms with Crippen LogP contribution in [-0.2, 0) is 13.1 Å². The Morgan fingerprint density at radius 3 is 2.10 bits per heavy atom. The first-order valence-electron chi connectivity index (χ1n) is 6.87. The van der Waals surface area contributed by atoms with Crippen molar-refractivity contribution in [3.05, 3.63) is 59.7 Å². The molecule has 1 N–H and O–H groups in total. The molecule has 0 aliphatic rings. The molecule has 0 aliphatic heterocycles. The fraction of sp³-hybridized carbons (Fsp3) is 0.294. The lowest BCUT2D eigenvalue weighted by Gasteiger charge is -2.08. The van der Waals surface area contributed by atoms with Crippen LogP contribution in [0.3, 0.4) is 0 Å². The molecule has 0 amide bonds. The Morgan fingerprint density at radius 2 is 1.50 bits per heavy atom. The molecule has 3 heteroatoms. The average molecular weight is 271 g/mol. The molecular formula is C17H21NO2. The third-order valence-electron chi connectivity index (χ3n) is 3.00. The van der Waals surface area contributed by atoms with Crippen LogP contribution >= 0.6 is 0 Å². The van der Waals surface area contributed by atoms with Gasteiger partial charge in [0.05, 0.1) is 13.7 Å². The van der Waals surface area contributed by atoms with Gasteiger partial charge in [-0.2, -0.15) is 0 Å². The summed E-state index contributed by atoms with van der Waals surface area (Å²) < 4.78 is 10.7. The average Bonchev–Trinajstić information content (AvgIpc) is 2.48. The molecule has 0 fully saturated rings. The SMILES string of the molecule is CCOc1cccc(CNCc2cccc(OC)c2)c1. The van der Waals surface area contributed by atoms with Gasteiger partial charge in [0, 0.05) is 13.1 Å². The number of rotatable bonds is 7. The molecule has 0 aromatic heterocycles. The Morgan fingerprint density at radius 1 is 0.900 bits per heavy atom. The number of benzene rings is 2. The Bertz CT molecular complexity index is 540. The van der Waals surface area contributed by atoms with E-state index < -0.39 is 0 Å². The molecule has 0 saturated carbocycles. The van der Waals surface area contributed by atoms with E-state index in [-0.39, 0.29) is 0 Å². The number of hydrogen-bond donors (Lipinski definition) is 1. The van der Waals surface area contributed by atoms with Crippen molar-refractivity contribution >= 4 is 0 Å². The molecule has 0 bridgehead atoms. The van der Waals surface area contributed by atoms with E-state index in [1.54, 1.807) is 7.11 Å². The van der Waals surface area contributed by atoms with E-state index >= 15 is 0 Å². The van der Waals surface area contributed by atoms with E-state index in [1.165, 1.54) is 11.1 Å². The molecule has 2 rings (SSSR count). The van der Waals surface area contributed by atoms with E-state index in [0.717, 1.165) is 24.6 Å². The predicted molar refractivity (Wildman–Crippen MR) is 81.1 cm³/mol. The number of nitrogens with one attached hydrogen (secondary N) is 1. The minimum Gasteiger partial charge on any atom is -0.497 e. The van der Waals surface area contributed by atoms with E-state index in [0.29, 0.717) is 6.61 Å². The summed E-state index contributed by atoms with van der Waals surface area (Å²) in [5.41, 5.74) is 2.43. The van der Waals surface area contributed by atoms with Crippen molar-refractivity contribution < 1.29 is 9.47 Å². The summed E-state index contributed by atoms with van der Waals surface area (Å²) in [5.74, 6) is 1.82. The quantitative estimate of drug-likeness (QED) is 0.837. The van der Waals surface area contributed by atoms with Gasteiger partial charge in [0.2, 0.25) is 0 Å². The highest BCUT2D eigenvalue weighted by molar-refractivity contribution is 5.29. The van der Waals surface area contributed by atoms with Crippen molar-refractivity contribution in [2.75, 3.05) is 13.7 Å². The number of methoxy groups -OCH3 is 1. The molecule has 3 nitrogen and oxygen atoms in total. The lowest BCUT2D eigenvalue weighted by Crippen LogP contribution is -2.12. The van der Waals surface area contributed by atoms with Crippen molar-refractivity contribution in [2.24, 2.45) is 0 Å². The van der Waals surface area contributed by atoms with Gasteiger partial charge in [-0.3, -0.25) is 0 Å². The first-order chi connectivity index (χ1) is 9.81. The van der Waals surface area contributed by atoms with E-state index in [4.69, 9.17) is 9.47 Å². The van der Waals surface area contributed by atoms with Gasteiger partial charge in [0.25, 0.3) is 0 Å². The zero-order chi connectivity index (χ0) is 14.2. The van der Waals surface area contributed by atoms with Crippen LogP contribution in [0.5, 0.6) is 11.5 Å². The molecule has 0 heterocycles. The fourth-order valence-electron chi connectivity index (χ4n) is 2.05. The monoisotopic (exact) mass is 271 g/mol. The van der Waals surface area contributed by atoms with Crippen LogP contribution in [0.25, 0.3) is 0 Å². The molecule has 0 aliphatic carbocycles. The molecule has 0 atom stereocenters. The van der Waals surface area contributed by atoms with Crippen LogP contribution in [0.1, 0.15) is 18.1 Å². The van der Waals surface area contributed by atoms with E-state index in [1.807, 2.05) is 37.3 Å². The molecule has 20 heavy (non-hydrogen) atoms. The van der Waals surface area contributed by atoms with Crippen LogP contribution in [0.15, 0.2) is 48.5 Å². The molecule has 106 valence electrons. The van der Waals surface area contributed by atoms with Crippen molar-refractivity contribution in [1.29, 1.82) is 0 Å². The van der Waals surface area contributed by atoms with E-state index in [9.17, 15) is 0 Å². The van der Waals surface area contributed by atoms with Gasteiger partial charge >= 0.3 is 0 Å². The van der Waals surface area contributed by atoms with Crippen LogP contribution in [0.4, 0.5) is 0 Å². The first kappa shape index (κ1) is 14.4. The van der Waals surface area contributed by atoms with E-state index in [2.05, 4.69) is 23.5 Å². The summed E-state index contributed by atoms with van der Waals surface area (Å²) >= 11 is 0. The van der Waals surface area contributed by atoms with Gasteiger partial charge in [-0.05, 0) is 42.3 Å². The standard InChI is InChI=1S/C17H21NO2/c1-3-20-17-9-5-7-15(11-17)13-18-12-14-6-4-8-16(10-14)19-2/h4-11,18H,3,12-13H2,1-2H3. The van der Waals surface area contributed by atoms with Gasteiger partial charge in [-0.15, -0.1) is 0 Å². The van der Waals surface area contributed by atoms with Gasteiger partial charge in [0.15, 0.2) is 0 Å². The second kappa shape index (κ2) is 7.56. The maximum Gasteiger partial charge on any atom is 0.119 e. The summed E-state index contributed by atoms with van der Waals surface area (Å²) in [4.78, 5) is 0. The second-order valence-corrected chi connectivity index (χ2v) is 4.54. The lowest BCUT2D eigenvalue weighted by molar-refractivity contribution is 0.340. The largest absolute Gasteiger partial charge is 0.497 e. The Kier molecular flexibility index (Phi) is 5.44. The van der Waals surface area contributed by atoms with Gasteiger partial charge < -0.3 is 14.8 Å². The summed E-state index contributed by atoms with van der Waals surface area (Å²) in [6, 6.07) is 16.3. The minimum atomic E-state index is 0.695. The van der Waals surface area contributed by atoms with Gasteiger partial charge in [-0.1, -0.05) is 24.3 Å². The highest BCUT2D eigenvalue weighted by Crippen LogP contribution is 2.14. The fourth-order valence-corrected chi connectivity index (χ4v) is 2.05. The zero-order valence-corrected chi connectivity index (χ0v) is 12.1. The highest BCUT2D eigenvalue weighted by Gasteiger charge is 1.98. The van der Waals surface area contributed by atoms with Crippen molar-refractivity contribution in [3.63, 3.8) is 0 Å². The maximum absolute atomic E-state index is 5.50. The highest BCUT2D eigenvalue weighted by atomic mass is 16.5. The van der Waals surface area contributed by atoms with Crippen molar-refractivity contribution in [3.8, 4) is 11.5 Å².